The Morgan fingerprint density at radius 2 is 1.91 bits per heavy atom. The van der Waals surface area contributed by atoms with Crippen molar-refractivity contribution >= 4 is 5.82 Å². The van der Waals surface area contributed by atoms with Crippen molar-refractivity contribution in [3.05, 3.63) is 53.8 Å². The van der Waals surface area contributed by atoms with E-state index >= 15 is 0 Å². The summed E-state index contributed by atoms with van der Waals surface area (Å²) < 4.78 is 11.9. The van der Waals surface area contributed by atoms with Crippen LogP contribution in [0.15, 0.2) is 42.4 Å². The first-order valence-corrected chi connectivity index (χ1v) is 12.1. The van der Waals surface area contributed by atoms with E-state index in [1.165, 1.54) is 0 Å². The minimum Gasteiger partial charge on any atom is -0.473 e. The Labute approximate surface area is 198 Å². The van der Waals surface area contributed by atoms with Gasteiger partial charge in [-0.25, -0.2) is 10.4 Å². The van der Waals surface area contributed by atoms with E-state index in [9.17, 15) is 0 Å². The SMILES string of the molecule is CCCN(CCC)c1cc(C[NH+](C)NC2=CC(C)C(C)O2)nc(OCCc2ccccn2)n1. The molecule has 0 saturated carbocycles. The molecule has 3 heterocycles. The predicted octanol–water partition coefficient (Wildman–Crippen LogP) is 2.54. The molecule has 8 heteroatoms. The molecule has 0 spiro atoms. The molecule has 2 aromatic heterocycles. The first-order chi connectivity index (χ1) is 16.0. The number of pyridine rings is 1. The van der Waals surface area contributed by atoms with Gasteiger partial charge in [0.25, 0.3) is 0 Å². The third kappa shape index (κ3) is 7.60. The summed E-state index contributed by atoms with van der Waals surface area (Å²) in [6.45, 7) is 11.7. The molecule has 3 rings (SSSR count). The molecular weight excluding hydrogens is 416 g/mol. The lowest BCUT2D eigenvalue weighted by molar-refractivity contribution is -0.937. The third-order valence-electron chi connectivity index (χ3n) is 5.62. The minimum atomic E-state index is 0.196. The molecule has 0 aliphatic carbocycles. The van der Waals surface area contributed by atoms with Crippen LogP contribution in [0.2, 0.25) is 0 Å². The number of hydrogen-bond acceptors (Lipinski definition) is 7. The van der Waals surface area contributed by atoms with Gasteiger partial charge in [0, 0.05) is 43.4 Å². The Balaban J connectivity index is 1.72. The van der Waals surface area contributed by atoms with Crippen LogP contribution in [-0.2, 0) is 17.7 Å². The van der Waals surface area contributed by atoms with Crippen molar-refractivity contribution in [2.24, 2.45) is 5.92 Å². The van der Waals surface area contributed by atoms with E-state index < -0.39 is 0 Å². The van der Waals surface area contributed by atoms with Crippen molar-refractivity contribution in [2.75, 3.05) is 31.6 Å². The molecule has 2 aromatic rings. The number of nitrogens with zero attached hydrogens (tertiary/aromatic N) is 4. The van der Waals surface area contributed by atoms with E-state index in [1.807, 2.05) is 18.2 Å². The van der Waals surface area contributed by atoms with Gasteiger partial charge in [-0.1, -0.05) is 26.8 Å². The molecule has 0 radical (unpaired) electrons. The van der Waals surface area contributed by atoms with E-state index in [0.717, 1.165) is 54.0 Å². The first-order valence-electron chi connectivity index (χ1n) is 12.1. The third-order valence-corrected chi connectivity index (χ3v) is 5.62. The molecule has 0 amide bonds. The average molecular weight is 456 g/mol. The molecular formula is C25H39N6O2+. The van der Waals surface area contributed by atoms with Gasteiger partial charge in [0.15, 0.2) is 0 Å². The van der Waals surface area contributed by atoms with Gasteiger partial charge >= 0.3 is 6.01 Å². The minimum absolute atomic E-state index is 0.196. The quantitative estimate of drug-likeness (QED) is 0.450. The van der Waals surface area contributed by atoms with E-state index in [-0.39, 0.29) is 6.10 Å². The summed E-state index contributed by atoms with van der Waals surface area (Å²) in [5, 5.41) is 1.07. The van der Waals surface area contributed by atoms with E-state index in [2.05, 4.69) is 62.2 Å². The smallest absolute Gasteiger partial charge is 0.318 e. The van der Waals surface area contributed by atoms with Crippen molar-refractivity contribution in [1.29, 1.82) is 0 Å². The highest BCUT2D eigenvalue weighted by Crippen LogP contribution is 2.20. The van der Waals surface area contributed by atoms with Gasteiger partial charge in [-0.2, -0.15) is 9.97 Å². The molecule has 2 N–H and O–H groups in total. The molecule has 0 fully saturated rings. The Hall–Kier alpha value is -2.87. The summed E-state index contributed by atoms with van der Waals surface area (Å²) in [7, 11) is 2.07. The Kier molecular flexibility index (Phi) is 9.30. The molecule has 1 aliphatic heterocycles. The molecule has 1 aliphatic rings. The molecule has 3 unspecified atom stereocenters. The van der Waals surface area contributed by atoms with Crippen molar-refractivity contribution in [3.8, 4) is 6.01 Å². The second-order valence-corrected chi connectivity index (χ2v) is 8.70. The topological polar surface area (TPSA) is 76.8 Å². The second-order valence-electron chi connectivity index (χ2n) is 8.70. The standard InChI is InChI=1S/C25H38N6O2/c1-6-13-31(14-7-2)23-17-22(18-30(5)29-24-16-19(3)20(4)33-24)27-25(28-23)32-15-11-21-10-8-9-12-26-21/h8-10,12,16-17,19-20,29H,6-7,11,13-15,18H2,1-5H3/p+1. The lowest BCUT2D eigenvalue weighted by Crippen LogP contribution is -3.14. The summed E-state index contributed by atoms with van der Waals surface area (Å²) >= 11 is 0. The van der Waals surface area contributed by atoms with Crippen LogP contribution in [0.3, 0.4) is 0 Å². The lowest BCUT2D eigenvalue weighted by Gasteiger charge is -2.24. The molecule has 33 heavy (non-hydrogen) atoms. The van der Waals surface area contributed by atoms with Gasteiger partial charge in [0.05, 0.1) is 13.7 Å². The van der Waals surface area contributed by atoms with Gasteiger partial charge in [-0.15, -0.1) is 0 Å². The number of rotatable bonds is 13. The molecule has 0 saturated heterocycles. The molecule has 3 atom stereocenters. The maximum absolute atomic E-state index is 5.99. The van der Waals surface area contributed by atoms with Crippen molar-refractivity contribution in [3.63, 3.8) is 0 Å². The Morgan fingerprint density at radius 1 is 1.12 bits per heavy atom. The predicted molar refractivity (Wildman–Crippen MR) is 130 cm³/mol. The van der Waals surface area contributed by atoms with Crippen LogP contribution in [-0.4, -0.2) is 47.8 Å². The first kappa shape index (κ1) is 24.8. The van der Waals surface area contributed by atoms with Gasteiger partial charge in [-0.05, 0) is 38.0 Å². The van der Waals surface area contributed by atoms with E-state index in [0.29, 0.717) is 31.5 Å². The van der Waals surface area contributed by atoms with Crippen LogP contribution < -0.4 is 20.1 Å². The Bertz CT molecular complexity index is 886. The molecule has 8 nitrogen and oxygen atoms in total. The highest BCUT2D eigenvalue weighted by molar-refractivity contribution is 5.40. The number of hydrogen-bond donors (Lipinski definition) is 2. The van der Waals surface area contributed by atoms with Crippen LogP contribution >= 0.6 is 0 Å². The fourth-order valence-corrected chi connectivity index (χ4v) is 3.77. The van der Waals surface area contributed by atoms with Crippen LogP contribution in [0.4, 0.5) is 5.82 Å². The van der Waals surface area contributed by atoms with Gasteiger partial charge in [-0.3, -0.25) is 4.98 Å². The summed E-state index contributed by atoms with van der Waals surface area (Å²) in [5.41, 5.74) is 5.32. The highest BCUT2D eigenvalue weighted by Gasteiger charge is 2.23. The summed E-state index contributed by atoms with van der Waals surface area (Å²) in [4.78, 5) is 16.1. The average Bonchev–Trinajstić information content (AvgIpc) is 3.10. The van der Waals surface area contributed by atoms with E-state index in [4.69, 9.17) is 19.4 Å². The maximum Gasteiger partial charge on any atom is 0.318 e. The second kappa shape index (κ2) is 12.4. The number of nitrogens with one attached hydrogen (secondary N) is 2. The monoisotopic (exact) mass is 455 g/mol. The summed E-state index contributed by atoms with van der Waals surface area (Å²) in [5.74, 6) is 2.15. The van der Waals surface area contributed by atoms with Gasteiger partial charge in [0.1, 0.15) is 24.2 Å². The fraction of sp³-hybridized carbons (Fsp3) is 0.560. The van der Waals surface area contributed by atoms with E-state index in [1.54, 1.807) is 6.20 Å². The number of quaternary nitrogens is 1. The highest BCUT2D eigenvalue weighted by atomic mass is 16.5. The number of ether oxygens (including phenoxy) is 2. The molecule has 180 valence electrons. The zero-order valence-electron chi connectivity index (χ0n) is 20.7. The lowest BCUT2D eigenvalue weighted by atomic mass is 10.1. The van der Waals surface area contributed by atoms with Gasteiger partial charge in [0.2, 0.25) is 5.88 Å². The zero-order valence-corrected chi connectivity index (χ0v) is 20.7. The zero-order chi connectivity index (χ0) is 23.6. The number of anilines is 1. The fourth-order valence-electron chi connectivity index (χ4n) is 3.77. The van der Waals surface area contributed by atoms with Crippen LogP contribution in [0.1, 0.15) is 51.9 Å². The van der Waals surface area contributed by atoms with Crippen LogP contribution in [0.5, 0.6) is 6.01 Å². The summed E-state index contributed by atoms with van der Waals surface area (Å²) in [6.07, 6.45) is 6.96. The normalized spacial score (nSPS) is 18.4. The van der Waals surface area contributed by atoms with Crippen molar-refractivity contribution in [2.45, 2.75) is 59.6 Å². The Morgan fingerprint density at radius 3 is 2.55 bits per heavy atom. The van der Waals surface area contributed by atoms with Crippen molar-refractivity contribution in [1.82, 2.24) is 20.4 Å². The molecule has 0 aromatic carbocycles. The number of aromatic nitrogens is 3. The van der Waals surface area contributed by atoms with Crippen LogP contribution in [0.25, 0.3) is 0 Å². The maximum atomic E-state index is 5.99. The van der Waals surface area contributed by atoms with Crippen molar-refractivity contribution < 1.29 is 14.5 Å². The van der Waals surface area contributed by atoms with Crippen LogP contribution in [0, 0.1) is 5.92 Å². The summed E-state index contributed by atoms with van der Waals surface area (Å²) in [6, 6.07) is 8.41. The van der Waals surface area contributed by atoms with Gasteiger partial charge < -0.3 is 14.4 Å². The molecule has 0 bridgehead atoms. The largest absolute Gasteiger partial charge is 0.473 e.